The van der Waals surface area contributed by atoms with E-state index < -0.39 is 0 Å². The number of ether oxygens (including phenoxy) is 2. The van der Waals surface area contributed by atoms with Gasteiger partial charge < -0.3 is 14.8 Å². The summed E-state index contributed by atoms with van der Waals surface area (Å²) < 4.78 is 13.5. The molecule has 1 fully saturated rings. The molecule has 0 unspecified atom stereocenters. The summed E-state index contributed by atoms with van der Waals surface area (Å²) >= 11 is 6.03. The molecule has 0 saturated carbocycles. The largest absolute Gasteiger partial charge is 0.473 e. The van der Waals surface area contributed by atoms with Crippen LogP contribution < -0.4 is 10.1 Å². The van der Waals surface area contributed by atoms with Crippen molar-refractivity contribution in [2.75, 3.05) is 20.3 Å². The first-order chi connectivity index (χ1) is 11.3. The highest BCUT2D eigenvalue weighted by molar-refractivity contribution is 6.30. The van der Waals surface area contributed by atoms with Gasteiger partial charge in [0, 0.05) is 30.8 Å². The number of benzene rings is 1. The molecule has 7 heteroatoms. The van der Waals surface area contributed by atoms with Gasteiger partial charge >= 0.3 is 0 Å². The highest BCUT2D eigenvalue weighted by atomic mass is 35.5. The number of hydrogen-bond donors (Lipinski definition) is 1. The van der Waals surface area contributed by atoms with Crippen molar-refractivity contribution in [2.45, 2.75) is 32.0 Å². The molecule has 0 bridgehead atoms. The maximum Gasteiger partial charge on any atom is 0.212 e. The highest BCUT2D eigenvalue weighted by Gasteiger charge is 2.21. The van der Waals surface area contributed by atoms with E-state index in [1.807, 2.05) is 42.1 Å². The van der Waals surface area contributed by atoms with E-state index in [-0.39, 0.29) is 12.4 Å². The van der Waals surface area contributed by atoms with Crippen LogP contribution in [0.2, 0.25) is 5.02 Å². The number of rotatable bonds is 6. The second kappa shape index (κ2) is 9.28. The Morgan fingerprint density at radius 2 is 2.12 bits per heavy atom. The van der Waals surface area contributed by atoms with E-state index in [2.05, 4.69) is 5.32 Å². The van der Waals surface area contributed by atoms with Crippen molar-refractivity contribution < 1.29 is 9.47 Å². The Balaban J connectivity index is 0.00000208. The smallest absolute Gasteiger partial charge is 0.212 e. The van der Waals surface area contributed by atoms with Crippen LogP contribution >= 0.6 is 24.0 Å². The molecule has 0 radical (unpaired) electrons. The first-order valence-electron chi connectivity index (χ1n) is 7.94. The number of hydrogen-bond acceptors (Lipinski definition) is 4. The number of nitrogens with one attached hydrogen (secondary N) is 1. The number of aromatic nitrogens is 2. The van der Waals surface area contributed by atoms with Gasteiger partial charge in [-0.2, -0.15) is 5.10 Å². The third-order valence-electron chi connectivity index (χ3n) is 3.92. The molecule has 0 atom stereocenters. The van der Waals surface area contributed by atoms with Crippen molar-refractivity contribution in [1.82, 2.24) is 15.1 Å². The van der Waals surface area contributed by atoms with Gasteiger partial charge in [0.1, 0.15) is 6.61 Å². The van der Waals surface area contributed by atoms with E-state index >= 15 is 0 Å². The molecule has 24 heavy (non-hydrogen) atoms. The molecule has 1 N–H and O–H groups in total. The molecule has 2 aromatic rings. The molecular weight excluding hydrogens is 349 g/mol. The van der Waals surface area contributed by atoms with Crippen molar-refractivity contribution >= 4 is 24.0 Å². The van der Waals surface area contributed by atoms with Crippen LogP contribution in [0.4, 0.5) is 0 Å². The lowest BCUT2D eigenvalue weighted by molar-refractivity contribution is 0.0626. The Kier molecular flexibility index (Phi) is 7.37. The fourth-order valence-corrected chi connectivity index (χ4v) is 2.99. The number of nitrogens with zero attached hydrogens (tertiary/aromatic N) is 2. The van der Waals surface area contributed by atoms with Crippen molar-refractivity contribution in [2.24, 2.45) is 0 Å². The summed E-state index contributed by atoms with van der Waals surface area (Å²) in [6.07, 6.45) is 1.93. The molecule has 1 aliphatic rings. The van der Waals surface area contributed by atoms with Crippen LogP contribution in [0.15, 0.2) is 30.3 Å². The first kappa shape index (κ1) is 19.1. The minimum atomic E-state index is 0. The quantitative estimate of drug-likeness (QED) is 0.842. The molecule has 1 saturated heterocycles. The highest BCUT2D eigenvalue weighted by Crippen LogP contribution is 2.27. The molecule has 2 heterocycles. The monoisotopic (exact) mass is 371 g/mol. The standard InChI is InChI=1S/C17H22ClN3O2.ClH/c1-19-11-15-10-17(21(20-15)16-5-7-22-8-6-16)23-12-13-3-2-4-14(18)9-13;/h2-4,9-10,16,19H,5-8,11-12H2,1H3;1H. The molecule has 0 spiro atoms. The van der Waals surface area contributed by atoms with Crippen LogP contribution in [0, 0.1) is 0 Å². The minimum absolute atomic E-state index is 0. The molecule has 0 amide bonds. The van der Waals surface area contributed by atoms with Gasteiger partial charge in [-0.3, -0.25) is 0 Å². The zero-order chi connectivity index (χ0) is 16.1. The normalized spacial score (nSPS) is 15.1. The summed E-state index contributed by atoms with van der Waals surface area (Å²) in [5.41, 5.74) is 2.03. The Bertz CT molecular complexity index is 643. The van der Waals surface area contributed by atoms with Crippen molar-refractivity contribution in [1.29, 1.82) is 0 Å². The maximum atomic E-state index is 6.03. The number of halogens is 2. The summed E-state index contributed by atoms with van der Waals surface area (Å²) in [6.45, 7) is 2.76. The first-order valence-corrected chi connectivity index (χ1v) is 8.32. The molecule has 0 aliphatic carbocycles. The lowest BCUT2D eigenvalue weighted by atomic mass is 10.1. The average molecular weight is 372 g/mol. The fourth-order valence-electron chi connectivity index (χ4n) is 2.78. The summed E-state index contributed by atoms with van der Waals surface area (Å²) in [4.78, 5) is 0. The lowest BCUT2D eigenvalue weighted by Crippen LogP contribution is -2.21. The molecular formula is C17H23Cl2N3O2. The zero-order valence-electron chi connectivity index (χ0n) is 13.7. The van der Waals surface area contributed by atoms with Crippen LogP contribution in [0.3, 0.4) is 0 Å². The molecule has 1 aromatic heterocycles. The van der Waals surface area contributed by atoms with E-state index in [0.29, 0.717) is 12.6 Å². The van der Waals surface area contributed by atoms with E-state index in [1.54, 1.807) is 0 Å². The Labute approximate surface area is 153 Å². The van der Waals surface area contributed by atoms with E-state index in [0.717, 1.165) is 54.8 Å². The van der Waals surface area contributed by atoms with Gasteiger partial charge in [0.05, 0.1) is 11.7 Å². The zero-order valence-corrected chi connectivity index (χ0v) is 15.3. The van der Waals surface area contributed by atoms with Crippen molar-refractivity contribution in [3.63, 3.8) is 0 Å². The van der Waals surface area contributed by atoms with Crippen LogP contribution in [0.5, 0.6) is 5.88 Å². The Morgan fingerprint density at radius 1 is 1.33 bits per heavy atom. The van der Waals surface area contributed by atoms with Crippen molar-refractivity contribution in [3.8, 4) is 5.88 Å². The fraction of sp³-hybridized carbons (Fsp3) is 0.471. The van der Waals surface area contributed by atoms with Gasteiger partial charge in [0.2, 0.25) is 5.88 Å². The van der Waals surface area contributed by atoms with Gasteiger partial charge in [-0.05, 0) is 37.6 Å². The summed E-state index contributed by atoms with van der Waals surface area (Å²) in [6, 6.07) is 10.1. The summed E-state index contributed by atoms with van der Waals surface area (Å²) in [5.74, 6) is 0.808. The third kappa shape index (κ3) is 4.86. The van der Waals surface area contributed by atoms with Gasteiger partial charge in [0.25, 0.3) is 0 Å². The van der Waals surface area contributed by atoms with Crippen LogP contribution in [-0.4, -0.2) is 30.0 Å². The van der Waals surface area contributed by atoms with Crippen molar-refractivity contribution in [3.05, 3.63) is 46.6 Å². The second-order valence-corrected chi connectivity index (χ2v) is 6.15. The Morgan fingerprint density at radius 3 is 2.83 bits per heavy atom. The summed E-state index contributed by atoms with van der Waals surface area (Å²) in [7, 11) is 1.92. The topological polar surface area (TPSA) is 48.3 Å². The summed E-state index contributed by atoms with van der Waals surface area (Å²) in [5, 5.41) is 8.56. The molecule has 1 aliphatic heterocycles. The lowest BCUT2D eigenvalue weighted by Gasteiger charge is -2.24. The SMILES string of the molecule is CNCc1cc(OCc2cccc(Cl)c2)n(C2CCOCC2)n1.Cl. The van der Waals surface area contributed by atoms with E-state index in [4.69, 9.17) is 26.2 Å². The van der Waals surface area contributed by atoms with Crippen LogP contribution in [0.1, 0.15) is 30.1 Å². The predicted molar refractivity (Wildman–Crippen MR) is 97.1 cm³/mol. The van der Waals surface area contributed by atoms with E-state index in [9.17, 15) is 0 Å². The average Bonchev–Trinajstić information content (AvgIpc) is 2.97. The molecule has 3 rings (SSSR count). The van der Waals surface area contributed by atoms with E-state index in [1.165, 1.54) is 0 Å². The van der Waals surface area contributed by atoms with Crippen LogP contribution in [-0.2, 0) is 17.9 Å². The van der Waals surface area contributed by atoms with Gasteiger partial charge in [-0.15, -0.1) is 12.4 Å². The minimum Gasteiger partial charge on any atom is -0.473 e. The predicted octanol–water partition coefficient (Wildman–Crippen LogP) is 3.61. The molecule has 132 valence electrons. The van der Waals surface area contributed by atoms with Gasteiger partial charge in [0.15, 0.2) is 0 Å². The van der Waals surface area contributed by atoms with Gasteiger partial charge in [-0.25, -0.2) is 4.68 Å². The molecule has 1 aromatic carbocycles. The van der Waals surface area contributed by atoms with Crippen LogP contribution in [0.25, 0.3) is 0 Å². The maximum absolute atomic E-state index is 6.03. The Hall–Kier alpha value is -1.27. The van der Waals surface area contributed by atoms with Gasteiger partial charge in [-0.1, -0.05) is 23.7 Å². The second-order valence-electron chi connectivity index (χ2n) is 5.71. The third-order valence-corrected chi connectivity index (χ3v) is 4.16. The molecule has 5 nitrogen and oxygen atoms in total.